The Morgan fingerprint density at radius 3 is 2.49 bits per heavy atom. The van der Waals surface area contributed by atoms with Crippen molar-refractivity contribution in [1.29, 1.82) is 0 Å². The van der Waals surface area contributed by atoms with Gasteiger partial charge in [0, 0.05) is 29.1 Å². The molecule has 2 aliphatic heterocycles. The second-order valence-corrected chi connectivity index (χ2v) is 10.9. The predicted molar refractivity (Wildman–Crippen MR) is 146 cm³/mol. The van der Waals surface area contributed by atoms with Crippen molar-refractivity contribution in [3.63, 3.8) is 0 Å². The second-order valence-electron chi connectivity index (χ2n) is 10.9. The second kappa shape index (κ2) is 11.9. The third-order valence-electron chi connectivity index (χ3n) is 7.99. The van der Waals surface area contributed by atoms with E-state index in [1.54, 1.807) is 25.1 Å². The van der Waals surface area contributed by atoms with Crippen LogP contribution in [0.5, 0.6) is 5.75 Å². The van der Waals surface area contributed by atoms with Crippen molar-refractivity contribution in [2.24, 2.45) is 0 Å². The average Bonchev–Trinajstić information content (AvgIpc) is 3.67. The van der Waals surface area contributed by atoms with Gasteiger partial charge in [0.05, 0.1) is 19.3 Å². The average molecular weight is 601 g/mol. The fraction of sp³-hybridized carbons (Fsp3) is 0.467. The summed E-state index contributed by atoms with van der Waals surface area (Å²) in [5, 5.41) is 6.96. The Morgan fingerprint density at radius 2 is 1.79 bits per heavy atom. The van der Waals surface area contributed by atoms with Gasteiger partial charge in [0.2, 0.25) is 0 Å². The van der Waals surface area contributed by atoms with Gasteiger partial charge < -0.3 is 23.6 Å². The maximum absolute atomic E-state index is 13.3. The van der Waals surface area contributed by atoms with Crippen molar-refractivity contribution in [1.82, 2.24) is 15.0 Å². The highest BCUT2D eigenvalue weighted by molar-refractivity contribution is 5.91. The molecule has 2 amide bonds. The molecular weight excluding hydrogens is 569 g/mol. The van der Waals surface area contributed by atoms with E-state index in [2.05, 4.69) is 20.2 Å². The Bertz CT molecular complexity index is 1480. The fourth-order valence-electron chi connectivity index (χ4n) is 6.01. The first-order valence-corrected chi connectivity index (χ1v) is 14.4. The van der Waals surface area contributed by atoms with Gasteiger partial charge in [-0.1, -0.05) is 23.4 Å². The number of nitrogens with one attached hydrogen (secondary N) is 1. The standard InChI is InChI=1S/C30H31F3N4O6/c1-2-40-28(38)23-7-5-9-25(34-23)35-29(39)37-18-12-13-19(37)15-20(14-18)41-16-22-26(36-43-27(22)17-10-11-17)21-6-3-4-8-24(21)42-30(31,32)33/h3-9,17-20H,2,10-16H2,1H3,(H,34,35,39). The molecule has 6 rings (SSSR count). The monoisotopic (exact) mass is 600 g/mol. The lowest BCUT2D eigenvalue weighted by Crippen LogP contribution is -2.50. The molecule has 43 heavy (non-hydrogen) atoms. The van der Waals surface area contributed by atoms with Crippen molar-refractivity contribution in [3.05, 3.63) is 59.5 Å². The number of alkyl halides is 3. The number of hydrogen-bond acceptors (Lipinski definition) is 8. The van der Waals surface area contributed by atoms with Crippen LogP contribution in [0.15, 0.2) is 47.0 Å². The molecule has 10 nitrogen and oxygen atoms in total. The van der Waals surface area contributed by atoms with E-state index in [0.29, 0.717) is 24.2 Å². The van der Waals surface area contributed by atoms with Gasteiger partial charge >= 0.3 is 18.4 Å². The molecule has 0 radical (unpaired) electrons. The lowest BCUT2D eigenvalue weighted by Gasteiger charge is -2.38. The van der Waals surface area contributed by atoms with Crippen molar-refractivity contribution in [2.45, 2.75) is 82.5 Å². The normalized spacial score (nSPS) is 21.5. The number of esters is 1. The number of anilines is 1. The number of amides is 2. The number of nitrogens with zero attached hydrogens (tertiary/aromatic N) is 3. The van der Waals surface area contributed by atoms with E-state index >= 15 is 0 Å². The van der Waals surface area contributed by atoms with E-state index in [1.165, 1.54) is 24.3 Å². The number of ether oxygens (including phenoxy) is 3. The van der Waals surface area contributed by atoms with Gasteiger partial charge in [0.1, 0.15) is 23.0 Å². The molecule has 2 atom stereocenters. The van der Waals surface area contributed by atoms with E-state index in [1.807, 2.05) is 4.90 Å². The fourth-order valence-corrected chi connectivity index (χ4v) is 6.01. The molecular formula is C30H31F3N4O6. The molecule has 3 aromatic rings. The first-order valence-electron chi connectivity index (χ1n) is 14.4. The zero-order valence-corrected chi connectivity index (χ0v) is 23.4. The summed E-state index contributed by atoms with van der Waals surface area (Å²) in [6, 6.07) is 10.2. The highest BCUT2D eigenvalue weighted by Crippen LogP contribution is 2.46. The van der Waals surface area contributed by atoms with Crippen LogP contribution in [0.1, 0.15) is 73.2 Å². The lowest BCUT2D eigenvalue weighted by atomic mass is 9.99. The number of carbonyl (C=O) groups is 2. The summed E-state index contributed by atoms with van der Waals surface area (Å²) >= 11 is 0. The molecule has 0 spiro atoms. The van der Waals surface area contributed by atoms with E-state index in [0.717, 1.165) is 25.7 Å². The topological polar surface area (TPSA) is 116 Å². The van der Waals surface area contributed by atoms with Crippen LogP contribution >= 0.6 is 0 Å². The number of benzene rings is 1. The molecule has 1 aromatic carbocycles. The van der Waals surface area contributed by atoms with E-state index in [4.69, 9.17) is 14.0 Å². The van der Waals surface area contributed by atoms with Gasteiger partial charge in [-0.05, 0) is 69.7 Å². The van der Waals surface area contributed by atoms with Gasteiger partial charge in [-0.25, -0.2) is 14.6 Å². The van der Waals surface area contributed by atoms with Gasteiger partial charge in [0.25, 0.3) is 0 Å². The molecule has 1 N–H and O–H groups in total. The van der Waals surface area contributed by atoms with Crippen LogP contribution in [-0.4, -0.2) is 58.2 Å². The maximum Gasteiger partial charge on any atom is 0.573 e. The zero-order valence-electron chi connectivity index (χ0n) is 23.4. The first-order chi connectivity index (χ1) is 20.7. The first kappa shape index (κ1) is 29.0. The SMILES string of the molecule is CCOC(=O)c1cccc(NC(=O)N2C3CCC2CC(OCc2c(-c4ccccc4OC(F)(F)F)noc2C2CC2)C3)n1. The van der Waals surface area contributed by atoms with Crippen molar-refractivity contribution in [2.75, 3.05) is 11.9 Å². The van der Waals surface area contributed by atoms with Crippen LogP contribution in [0.3, 0.4) is 0 Å². The van der Waals surface area contributed by atoms with Crippen molar-refractivity contribution >= 4 is 17.8 Å². The third-order valence-corrected chi connectivity index (χ3v) is 7.99. The minimum absolute atomic E-state index is 0.0530. The Labute approximate surface area is 245 Å². The number of pyridine rings is 1. The minimum Gasteiger partial charge on any atom is -0.461 e. The molecule has 3 fully saturated rings. The maximum atomic E-state index is 13.3. The molecule has 3 aliphatic rings. The Balaban J connectivity index is 1.13. The summed E-state index contributed by atoms with van der Waals surface area (Å²) in [6.45, 7) is 2.04. The van der Waals surface area contributed by atoms with Crippen molar-refractivity contribution < 1.29 is 41.5 Å². The molecule has 1 saturated carbocycles. The number of fused-ring (bicyclic) bond motifs is 2. The molecule has 4 heterocycles. The number of aromatic nitrogens is 2. The predicted octanol–water partition coefficient (Wildman–Crippen LogP) is 6.43. The number of urea groups is 1. The summed E-state index contributed by atoms with van der Waals surface area (Å²) in [4.78, 5) is 31.3. The molecule has 228 valence electrons. The summed E-state index contributed by atoms with van der Waals surface area (Å²) in [7, 11) is 0. The number of rotatable bonds is 9. The van der Waals surface area contributed by atoms with Crippen LogP contribution in [0, 0.1) is 0 Å². The molecule has 13 heteroatoms. The molecule has 2 bridgehead atoms. The molecule has 2 unspecified atom stereocenters. The summed E-state index contributed by atoms with van der Waals surface area (Å²) in [5.41, 5.74) is 1.20. The van der Waals surface area contributed by atoms with Crippen LogP contribution < -0.4 is 10.1 Å². The Hall–Kier alpha value is -4.13. The minimum atomic E-state index is -4.85. The van der Waals surface area contributed by atoms with Gasteiger partial charge in [-0.2, -0.15) is 0 Å². The summed E-state index contributed by atoms with van der Waals surface area (Å²) in [6.07, 6.45) is -0.335. The van der Waals surface area contributed by atoms with Crippen LogP contribution in [0.2, 0.25) is 0 Å². The Kier molecular flexibility index (Phi) is 7.99. The van der Waals surface area contributed by atoms with Crippen LogP contribution in [-0.2, 0) is 16.1 Å². The highest BCUT2D eigenvalue weighted by Gasteiger charge is 2.44. The smallest absolute Gasteiger partial charge is 0.461 e. The number of carbonyl (C=O) groups excluding carboxylic acids is 2. The summed E-state index contributed by atoms with van der Waals surface area (Å²) < 4.78 is 60.5. The van der Waals surface area contributed by atoms with Crippen LogP contribution in [0.4, 0.5) is 23.8 Å². The molecule has 2 saturated heterocycles. The van der Waals surface area contributed by atoms with E-state index in [9.17, 15) is 22.8 Å². The van der Waals surface area contributed by atoms with Gasteiger partial charge in [0.15, 0.2) is 5.69 Å². The number of halogens is 3. The lowest BCUT2D eigenvalue weighted by molar-refractivity contribution is -0.274. The Morgan fingerprint density at radius 1 is 1.05 bits per heavy atom. The number of hydrogen-bond donors (Lipinski definition) is 1. The zero-order chi connectivity index (χ0) is 30.1. The summed E-state index contributed by atoms with van der Waals surface area (Å²) in [5.74, 6) is 0.137. The van der Waals surface area contributed by atoms with Gasteiger partial charge in [-0.3, -0.25) is 5.32 Å². The third kappa shape index (κ3) is 6.46. The number of para-hydroxylation sites is 1. The quantitative estimate of drug-likeness (QED) is 0.279. The number of piperidine rings is 1. The molecule has 2 aromatic heterocycles. The van der Waals surface area contributed by atoms with Gasteiger partial charge in [-0.15, -0.1) is 13.2 Å². The van der Waals surface area contributed by atoms with Crippen LogP contribution in [0.25, 0.3) is 11.3 Å². The highest BCUT2D eigenvalue weighted by atomic mass is 19.4. The van der Waals surface area contributed by atoms with E-state index in [-0.39, 0.29) is 71.9 Å². The molecule has 1 aliphatic carbocycles. The van der Waals surface area contributed by atoms with E-state index < -0.39 is 12.3 Å². The largest absolute Gasteiger partial charge is 0.573 e. The van der Waals surface area contributed by atoms with Crippen molar-refractivity contribution in [3.8, 4) is 17.0 Å².